The quantitative estimate of drug-likeness (QED) is 0.319. The topological polar surface area (TPSA) is 123 Å². The molecule has 0 heterocycles. The van der Waals surface area contributed by atoms with Gasteiger partial charge in [0.05, 0.1) is 11.1 Å². The van der Waals surface area contributed by atoms with E-state index in [0.29, 0.717) is 11.3 Å². The molecule has 0 saturated carbocycles. The zero-order chi connectivity index (χ0) is 22.9. The van der Waals surface area contributed by atoms with E-state index in [1.807, 2.05) is 31.2 Å². The largest absolute Gasteiger partial charge is 0.484 e. The lowest BCUT2D eigenvalue weighted by Gasteiger charge is -2.09. The van der Waals surface area contributed by atoms with Gasteiger partial charge in [-0.05, 0) is 54.4 Å². The van der Waals surface area contributed by atoms with Crippen LogP contribution in [0.25, 0.3) is 0 Å². The third kappa shape index (κ3) is 6.23. The molecule has 3 aromatic rings. The number of hydrogen-bond donors (Lipinski definition) is 2. The maximum atomic E-state index is 12.1. The van der Waals surface area contributed by atoms with Gasteiger partial charge in [-0.1, -0.05) is 24.3 Å². The maximum Gasteiger partial charge on any atom is 0.271 e. The van der Waals surface area contributed by atoms with Crippen molar-refractivity contribution < 1.29 is 19.2 Å². The number of nitro groups is 1. The summed E-state index contributed by atoms with van der Waals surface area (Å²) < 4.78 is 5.48. The van der Waals surface area contributed by atoms with Crippen LogP contribution >= 0.6 is 0 Å². The zero-order valence-corrected chi connectivity index (χ0v) is 17.1. The van der Waals surface area contributed by atoms with Gasteiger partial charge < -0.3 is 10.1 Å². The number of aryl methyl sites for hydroxylation is 1. The summed E-state index contributed by atoms with van der Waals surface area (Å²) in [6, 6.07) is 19.6. The normalized spacial score (nSPS) is 10.5. The first-order valence-corrected chi connectivity index (χ1v) is 9.58. The van der Waals surface area contributed by atoms with Crippen molar-refractivity contribution in [3.8, 4) is 5.75 Å². The number of carbonyl (C=O) groups excluding carboxylic acids is 2. The Morgan fingerprint density at radius 3 is 2.53 bits per heavy atom. The van der Waals surface area contributed by atoms with Crippen LogP contribution in [-0.2, 0) is 4.79 Å². The van der Waals surface area contributed by atoms with Crippen LogP contribution in [0.5, 0.6) is 5.75 Å². The first kappa shape index (κ1) is 22.2. The van der Waals surface area contributed by atoms with E-state index in [0.717, 1.165) is 11.3 Å². The monoisotopic (exact) mass is 432 g/mol. The molecule has 9 heteroatoms. The molecule has 0 saturated heterocycles. The van der Waals surface area contributed by atoms with Gasteiger partial charge in [-0.3, -0.25) is 19.7 Å². The lowest BCUT2D eigenvalue weighted by Crippen LogP contribution is -2.20. The highest BCUT2D eigenvalue weighted by molar-refractivity contribution is 5.95. The molecule has 3 aromatic carbocycles. The molecular weight excluding hydrogens is 412 g/mol. The number of nitrogens with one attached hydrogen (secondary N) is 2. The Labute approximate surface area is 183 Å². The summed E-state index contributed by atoms with van der Waals surface area (Å²) in [5, 5.41) is 17.4. The fourth-order valence-electron chi connectivity index (χ4n) is 2.69. The Hall–Kier alpha value is -4.53. The van der Waals surface area contributed by atoms with Crippen LogP contribution in [0, 0.1) is 17.0 Å². The minimum atomic E-state index is -0.573. The predicted molar refractivity (Wildman–Crippen MR) is 120 cm³/mol. The fourth-order valence-corrected chi connectivity index (χ4v) is 2.69. The lowest BCUT2D eigenvalue weighted by molar-refractivity contribution is -0.384. The maximum absolute atomic E-state index is 12.1. The van der Waals surface area contributed by atoms with E-state index in [4.69, 9.17) is 4.74 Å². The fraction of sp³-hybridized carbons (Fsp3) is 0.0870. The molecule has 2 N–H and O–H groups in total. The molecule has 9 nitrogen and oxygen atoms in total. The number of ether oxygens (including phenoxy) is 1. The summed E-state index contributed by atoms with van der Waals surface area (Å²) in [4.78, 5) is 34.3. The number of rotatable bonds is 8. The summed E-state index contributed by atoms with van der Waals surface area (Å²) >= 11 is 0. The first-order chi connectivity index (χ1) is 15.4. The number of carbonyl (C=O) groups is 2. The Bertz CT molecular complexity index is 1160. The lowest BCUT2D eigenvalue weighted by atomic mass is 10.2. The number of nitrogens with zero attached hydrogens (tertiary/aromatic N) is 2. The number of hydrogen-bond acceptors (Lipinski definition) is 6. The second-order valence-electron chi connectivity index (χ2n) is 6.73. The first-order valence-electron chi connectivity index (χ1n) is 9.58. The third-order valence-corrected chi connectivity index (χ3v) is 4.37. The van der Waals surface area contributed by atoms with Crippen molar-refractivity contribution in [2.75, 3.05) is 11.9 Å². The molecule has 0 aliphatic carbocycles. The zero-order valence-electron chi connectivity index (χ0n) is 17.1. The Kier molecular flexibility index (Phi) is 7.26. The minimum Gasteiger partial charge on any atom is -0.484 e. The summed E-state index contributed by atoms with van der Waals surface area (Å²) in [7, 11) is 0. The van der Waals surface area contributed by atoms with Gasteiger partial charge in [-0.15, -0.1) is 0 Å². The number of hydrazone groups is 1. The van der Waals surface area contributed by atoms with Crippen LogP contribution in [0.15, 0.2) is 77.9 Å². The molecule has 0 aliphatic rings. The number of para-hydroxylation sites is 1. The number of anilines is 1. The average Bonchev–Trinajstić information content (AvgIpc) is 2.80. The minimum absolute atomic E-state index is 0.129. The van der Waals surface area contributed by atoms with Crippen LogP contribution in [0.2, 0.25) is 0 Å². The van der Waals surface area contributed by atoms with Crippen molar-refractivity contribution in [1.29, 1.82) is 0 Å². The van der Waals surface area contributed by atoms with Gasteiger partial charge in [0, 0.05) is 23.4 Å². The van der Waals surface area contributed by atoms with E-state index in [9.17, 15) is 19.7 Å². The van der Waals surface area contributed by atoms with Crippen LogP contribution in [0.3, 0.4) is 0 Å². The highest BCUT2D eigenvalue weighted by atomic mass is 16.6. The molecule has 0 bridgehead atoms. The highest BCUT2D eigenvalue weighted by Gasteiger charge is 2.10. The Morgan fingerprint density at radius 1 is 1.06 bits per heavy atom. The van der Waals surface area contributed by atoms with Gasteiger partial charge in [-0.25, -0.2) is 5.43 Å². The van der Waals surface area contributed by atoms with E-state index >= 15 is 0 Å². The van der Waals surface area contributed by atoms with Crippen LogP contribution in [0.4, 0.5) is 11.4 Å². The molecule has 0 fully saturated rings. The standard InChI is InChI=1S/C23H20N4O5/c1-16-5-2-3-8-21(16)25-22(28)15-32-20-11-9-17(10-12-20)14-24-26-23(29)18-6-4-7-19(13-18)27(30)31/h2-14H,15H2,1H3,(H,25,28)(H,26,29)/b24-14+. The van der Waals surface area contributed by atoms with Crippen molar-refractivity contribution in [3.05, 3.63) is 99.6 Å². The van der Waals surface area contributed by atoms with Gasteiger partial charge in [0.25, 0.3) is 17.5 Å². The number of non-ortho nitro benzene ring substituents is 1. The van der Waals surface area contributed by atoms with Crippen LogP contribution < -0.4 is 15.5 Å². The van der Waals surface area contributed by atoms with E-state index in [2.05, 4.69) is 15.8 Å². The molecule has 0 spiro atoms. The molecule has 162 valence electrons. The molecular formula is C23H20N4O5. The van der Waals surface area contributed by atoms with Gasteiger partial charge in [0.15, 0.2) is 6.61 Å². The van der Waals surface area contributed by atoms with E-state index in [1.165, 1.54) is 30.5 Å². The summed E-state index contributed by atoms with van der Waals surface area (Å²) in [5.74, 6) is -0.332. The van der Waals surface area contributed by atoms with Crippen LogP contribution in [0.1, 0.15) is 21.5 Å². The summed E-state index contributed by atoms with van der Waals surface area (Å²) in [6.07, 6.45) is 1.42. The SMILES string of the molecule is Cc1ccccc1NC(=O)COc1ccc(/C=N/NC(=O)c2cccc([N+](=O)[O-])c2)cc1. The smallest absolute Gasteiger partial charge is 0.271 e. The van der Waals surface area contributed by atoms with Gasteiger partial charge in [-0.2, -0.15) is 5.10 Å². The summed E-state index contributed by atoms with van der Waals surface area (Å²) in [5.41, 5.74) is 4.65. The highest BCUT2D eigenvalue weighted by Crippen LogP contribution is 2.15. The molecule has 32 heavy (non-hydrogen) atoms. The molecule has 2 amide bonds. The van der Waals surface area contributed by atoms with Gasteiger partial charge in [0.1, 0.15) is 5.75 Å². The van der Waals surface area contributed by atoms with Crippen molar-refractivity contribution in [2.24, 2.45) is 5.10 Å². The van der Waals surface area contributed by atoms with E-state index < -0.39 is 10.8 Å². The van der Waals surface area contributed by atoms with Crippen LogP contribution in [-0.4, -0.2) is 29.6 Å². The van der Waals surface area contributed by atoms with Crippen molar-refractivity contribution in [3.63, 3.8) is 0 Å². The van der Waals surface area contributed by atoms with Gasteiger partial charge >= 0.3 is 0 Å². The average molecular weight is 432 g/mol. The van der Waals surface area contributed by atoms with E-state index in [-0.39, 0.29) is 23.8 Å². The summed E-state index contributed by atoms with van der Waals surface area (Å²) in [6.45, 7) is 1.77. The molecule has 0 atom stereocenters. The predicted octanol–water partition coefficient (Wildman–Crippen LogP) is 3.68. The number of nitro benzene ring substituents is 1. The second-order valence-corrected chi connectivity index (χ2v) is 6.73. The number of amides is 2. The Balaban J connectivity index is 1.49. The molecule has 0 unspecified atom stereocenters. The molecule has 0 aliphatic heterocycles. The second kappa shape index (κ2) is 10.5. The molecule has 0 aromatic heterocycles. The van der Waals surface area contributed by atoms with E-state index in [1.54, 1.807) is 24.3 Å². The molecule has 3 rings (SSSR count). The van der Waals surface area contributed by atoms with Crippen molar-refractivity contribution >= 4 is 29.4 Å². The third-order valence-electron chi connectivity index (χ3n) is 4.37. The number of benzene rings is 3. The Morgan fingerprint density at radius 2 is 1.81 bits per heavy atom. The van der Waals surface area contributed by atoms with Crippen molar-refractivity contribution in [2.45, 2.75) is 6.92 Å². The van der Waals surface area contributed by atoms with Crippen molar-refractivity contribution in [1.82, 2.24) is 5.43 Å². The van der Waals surface area contributed by atoms with Gasteiger partial charge in [0.2, 0.25) is 0 Å². The molecule has 0 radical (unpaired) electrons.